The molecule has 33 heavy (non-hydrogen) atoms. The molecule has 2 amide bonds. The summed E-state index contributed by atoms with van der Waals surface area (Å²) in [6.45, 7) is 6.17. The molecule has 0 aliphatic rings. The predicted molar refractivity (Wildman–Crippen MR) is 132 cm³/mol. The number of carbonyl (C=O) groups is 2. The predicted octanol–water partition coefficient (Wildman–Crippen LogP) is 3.35. The fraction of sp³-hybridized carbons (Fsp3) is 0.440. The first kappa shape index (κ1) is 26.4. The summed E-state index contributed by atoms with van der Waals surface area (Å²) < 4.78 is 26.3. The zero-order valence-electron chi connectivity index (χ0n) is 20.0. The molecule has 0 radical (unpaired) electrons. The molecule has 0 aromatic heterocycles. The molecule has 0 aliphatic carbocycles. The second-order valence-corrected chi connectivity index (χ2v) is 9.92. The summed E-state index contributed by atoms with van der Waals surface area (Å²) in [5, 5.41) is 2.87. The van der Waals surface area contributed by atoms with E-state index in [0.717, 1.165) is 34.5 Å². The molecule has 0 saturated carbocycles. The van der Waals surface area contributed by atoms with Crippen LogP contribution in [0.25, 0.3) is 0 Å². The molecule has 0 bridgehead atoms. The maximum Gasteiger partial charge on any atom is 0.244 e. The Kier molecular flexibility index (Phi) is 9.91. The zero-order valence-corrected chi connectivity index (χ0v) is 20.8. The lowest BCUT2D eigenvalue weighted by atomic mass is 10.1. The van der Waals surface area contributed by atoms with Crippen molar-refractivity contribution >= 4 is 27.5 Å². The molecule has 2 aromatic rings. The molecule has 0 unspecified atom stereocenters. The normalized spacial score (nSPS) is 12.1. The summed E-state index contributed by atoms with van der Waals surface area (Å²) in [4.78, 5) is 27.9. The highest BCUT2D eigenvalue weighted by Crippen LogP contribution is 2.20. The molecule has 7 nitrogen and oxygen atoms in total. The van der Waals surface area contributed by atoms with E-state index < -0.39 is 22.0 Å². The molecule has 0 saturated heterocycles. The van der Waals surface area contributed by atoms with Gasteiger partial charge in [-0.1, -0.05) is 63.2 Å². The molecule has 2 rings (SSSR count). The molecule has 0 aliphatic heterocycles. The Hall–Kier alpha value is -2.87. The summed E-state index contributed by atoms with van der Waals surface area (Å²) in [6.07, 6.45) is 3.11. The number of anilines is 1. The topological polar surface area (TPSA) is 86.8 Å². The first-order valence-corrected chi connectivity index (χ1v) is 13.2. The number of nitrogens with zero attached hydrogens (tertiary/aromatic N) is 2. The maximum atomic E-state index is 13.5. The number of rotatable bonds is 12. The molecule has 8 heteroatoms. The Balaban J connectivity index is 2.38. The second-order valence-electron chi connectivity index (χ2n) is 8.01. The standard InChI is InChI=1S/C25H35N3O4S/c1-5-17-26-25(30)23(7-3)27(18-21-11-9-8-10-12-21)24(29)19-28(33(4,31)32)22-15-13-20(6-2)14-16-22/h8-16,23H,5-7,17-19H2,1-4H3,(H,26,30)/t23-/m0/s1. The van der Waals surface area contributed by atoms with E-state index >= 15 is 0 Å². The molecular formula is C25H35N3O4S. The van der Waals surface area contributed by atoms with Crippen molar-refractivity contribution in [1.29, 1.82) is 0 Å². The van der Waals surface area contributed by atoms with Crippen LogP contribution in [0.4, 0.5) is 5.69 Å². The molecule has 1 atom stereocenters. The minimum Gasteiger partial charge on any atom is -0.354 e. The average molecular weight is 474 g/mol. The Labute approximate surface area is 197 Å². The van der Waals surface area contributed by atoms with Gasteiger partial charge in [0.15, 0.2) is 0 Å². The van der Waals surface area contributed by atoms with Crippen molar-refractivity contribution in [1.82, 2.24) is 10.2 Å². The van der Waals surface area contributed by atoms with E-state index in [1.165, 1.54) is 4.90 Å². The summed E-state index contributed by atoms with van der Waals surface area (Å²) in [7, 11) is -3.72. The van der Waals surface area contributed by atoms with Gasteiger partial charge >= 0.3 is 0 Å². The van der Waals surface area contributed by atoms with Crippen LogP contribution >= 0.6 is 0 Å². The molecule has 1 N–H and O–H groups in total. The van der Waals surface area contributed by atoms with Gasteiger partial charge in [0, 0.05) is 13.1 Å². The fourth-order valence-corrected chi connectivity index (χ4v) is 4.43. The molecule has 0 heterocycles. The van der Waals surface area contributed by atoms with Gasteiger partial charge in [0.1, 0.15) is 12.6 Å². The van der Waals surface area contributed by atoms with Crippen molar-refractivity contribution in [3.05, 3.63) is 65.7 Å². The van der Waals surface area contributed by atoms with Gasteiger partial charge in [0.05, 0.1) is 11.9 Å². The van der Waals surface area contributed by atoms with Crippen molar-refractivity contribution in [2.75, 3.05) is 23.7 Å². The van der Waals surface area contributed by atoms with Crippen molar-refractivity contribution in [2.45, 2.75) is 52.6 Å². The number of hydrogen-bond acceptors (Lipinski definition) is 4. The van der Waals surface area contributed by atoms with Crippen LogP contribution in [0.3, 0.4) is 0 Å². The smallest absolute Gasteiger partial charge is 0.244 e. The van der Waals surface area contributed by atoms with E-state index in [1.807, 2.05) is 63.2 Å². The SMILES string of the molecule is CCCNC(=O)[C@H](CC)N(Cc1ccccc1)C(=O)CN(c1ccc(CC)cc1)S(C)(=O)=O. The molecule has 180 valence electrons. The third-order valence-corrected chi connectivity index (χ3v) is 6.58. The minimum absolute atomic E-state index is 0.212. The van der Waals surface area contributed by atoms with Crippen molar-refractivity contribution in [3.8, 4) is 0 Å². The monoisotopic (exact) mass is 473 g/mol. The van der Waals surface area contributed by atoms with Crippen LogP contribution in [-0.4, -0.2) is 50.5 Å². The summed E-state index contributed by atoms with van der Waals surface area (Å²) in [5.41, 5.74) is 2.36. The van der Waals surface area contributed by atoms with Crippen LogP contribution in [0.2, 0.25) is 0 Å². The molecule has 0 fully saturated rings. The number of benzene rings is 2. The highest BCUT2D eigenvalue weighted by molar-refractivity contribution is 7.92. The number of hydrogen-bond donors (Lipinski definition) is 1. The van der Waals surface area contributed by atoms with Gasteiger partial charge in [-0.2, -0.15) is 0 Å². The van der Waals surface area contributed by atoms with E-state index in [9.17, 15) is 18.0 Å². The largest absolute Gasteiger partial charge is 0.354 e. The number of carbonyl (C=O) groups excluding carboxylic acids is 2. The quantitative estimate of drug-likeness (QED) is 0.512. The van der Waals surface area contributed by atoms with Crippen LogP contribution in [-0.2, 0) is 32.6 Å². The summed E-state index contributed by atoms with van der Waals surface area (Å²) >= 11 is 0. The van der Waals surface area contributed by atoms with Crippen molar-refractivity contribution in [2.24, 2.45) is 0 Å². The van der Waals surface area contributed by atoms with Crippen molar-refractivity contribution in [3.63, 3.8) is 0 Å². The van der Waals surface area contributed by atoms with Gasteiger partial charge in [-0.05, 0) is 42.5 Å². The molecule has 0 spiro atoms. The Bertz CT molecular complexity index is 1010. The Morgan fingerprint density at radius 3 is 2.09 bits per heavy atom. The maximum absolute atomic E-state index is 13.5. The van der Waals surface area contributed by atoms with Gasteiger partial charge in [0.25, 0.3) is 0 Å². The minimum atomic E-state index is -3.72. The number of nitrogens with one attached hydrogen (secondary N) is 1. The van der Waals surface area contributed by atoms with Gasteiger partial charge in [-0.25, -0.2) is 8.42 Å². The van der Waals surface area contributed by atoms with Gasteiger partial charge in [-0.15, -0.1) is 0 Å². The van der Waals surface area contributed by atoms with Crippen LogP contribution in [0.5, 0.6) is 0 Å². The van der Waals surface area contributed by atoms with Crippen LogP contribution < -0.4 is 9.62 Å². The van der Waals surface area contributed by atoms with Gasteiger partial charge < -0.3 is 10.2 Å². The second kappa shape index (κ2) is 12.4. The highest BCUT2D eigenvalue weighted by Gasteiger charge is 2.31. The molecule has 2 aromatic carbocycles. The lowest BCUT2D eigenvalue weighted by molar-refractivity contribution is -0.140. The Morgan fingerprint density at radius 2 is 1.58 bits per heavy atom. The van der Waals surface area contributed by atoms with Gasteiger partial charge in [0.2, 0.25) is 21.8 Å². The van der Waals surface area contributed by atoms with E-state index in [4.69, 9.17) is 0 Å². The summed E-state index contributed by atoms with van der Waals surface area (Å²) in [5.74, 6) is -0.663. The Morgan fingerprint density at radius 1 is 0.939 bits per heavy atom. The third kappa shape index (κ3) is 7.60. The van der Waals surface area contributed by atoms with E-state index in [-0.39, 0.29) is 19.0 Å². The van der Waals surface area contributed by atoms with Crippen LogP contribution in [0.1, 0.15) is 44.7 Å². The van der Waals surface area contributed by atoms with Crippen LogP contribution in [0, 0.1) is 0 Å². The van der Waals surface area contributed by atoms with Crippen molar-refractivity contribution < 1.29 is 18.0 Å². The third-order valence-electron chi connectivity index (χ3n) is 5.44. The van der Waals surface area contributed by atoms with E-state index in [1.54, 1.807) is 12.1 Å². The highest BCUT2D eigenvalue weighted by atomic mass is 32.2. The van der Waals surface area contributed by atoms with Gasteiger partial charge in [-0.3, -0.25) is 13.9 Å². The first-order chi connectivity index (χ1) is 15.7. The number of amides is 2. The fourth-order valence-electron chi connectivity index (χ4n) is 3.58. The average Bonchev–Trinajstić information content (AvgIpc) is 2.81. The number of aryl methyl sites for hydroxylation is 1. The van der Waals surface area contributed by atoms with E-state index in [0.29, 0.717) is 18.7 Å². The lowest BCUT2D eigenvalue weighted by Gasteiger charge is -2.33. The van der Waals surface area contributed by atoms with E-state index in [2.05, 4.69) is 5.32 Å². The van der Waals surface area contributed by atoms with Crippen LogP contribution in [0.15, 0.2) is 54.6 Å². The molecular weight excluding hydrogens is 438 g/mol. The lowest BCUT2D eigenvalue weighted by Crippen LogP contribution is -2.52. The first-order valence-electron chi connectivity index (χ1n) is 11.4. The summed E-state index contributed by atoms with van der Waals surface area (Å²) in [6, 6.07) is 15.8. The zero-order chi connectivity index (χ0) is 24.4. The number of sulfonamides is 1.